The second-order valence-corrected chi connectivity index (χ2v) is 9.92. The van der Waals surface area contributed by atoms with Crippen molar-refractivity contribution in [3.63, 3.8) is 0 Å². The first-order valence-electron chi connectivity index (χ1n) is 8.64. The van der Waals surface area contributed by atoms with E-state index in [1.165, 1.54) is 48.5 Å². The fourth-order valence-corrected chi connectivity index (χ4v) is 6.02. The topological polar surface area (TPSA) is 91.8 Å². The van der Waals surface area contributed by atoms with Gasteiger partial charge in [-0.3, -0.25) is 0 Å². The molecule has 150 valence electrons. The smallest absolute Gasteiger partial charge is 0.277 e. The zero-order valence-corrected chi connectivity index (χ0v) is 16.9. The van der Waals surface area contributed by atoms with Gasteiger partial charge in [-0.05, 0) is 35.9 Å². The molecule has 1 unspecified atom stereocenters. The van der Waals surface area contributed by atoms with Gasteiger partial charge in [-0.1, -0.05) is 66.7 Å². The normalized spacial score (nSPS) is 13.3. The van der Waals surface area contributed by atoms with Crippen LogP contribution >= 0.6 is 0 Å². The van der Waals surface area contributed by atoms with Crippen LogP contribution in [0.5, 0.6) is 0 Å². The lowest BCUT2D eigenvalue weighted by molar-refractivity contribution is 0.228. The van der Waals surface area contributed by atoms with Gasteiger partial charge in [-0.25, -0.2) is 16.8 Å². The van der Waals surface area contributed by atoms with E-state index in [0.29, 0.717) is 5.56 Å². The van der Waals surface area contributed by atoms with Gasteiger partial charge in [0.15, 0.2) is 0 Å². The van der Waals surface area contributed by atoms with E-state index in [1.807, 2.05) is 0 Å². The molecule has 0 aliphatic rings. The summed E-state index contributed by atoms with van der Waals surface area (Å²) in [5, 5.41) is 10.3. The Balaban J connectivity index is 2.09. The molecule has 0 saturated heterocycles. The molecule has 0 bridgehead atoms. The lowest BCUT2D eigenvalue weighted by atomic mass is 10.1. The van der Waals surface area contributed by atoms with Crippen LogP contribution in [-0.4, -0.2) is 25.7 Å². The van der Waals surface area contributed by atoms with Crippen molar-refractivity contribution in [1.82, 2.24) is 3.71 Å². The molecule has 0 aromatic heterocycles. The van der Waals surface area contributed by atoms with Crippen LogP contribution in [0.25, 0.3) is 0 Å². The van der Waals surface area contributed by atoms with Gasteiger partial charge in [0.1, 0.15) is 0 Å². The first-order chi connectivity index (χ1) is 13.8. The minimum Gasteiger partial charge on any atom is -0.384 e. The average Bonchev–Trinajstić information content (AvgIpc) is 2.75. The van der Waals surface area contributed by atoms with E-state index in [1.54, 1.807) is 42.5 Å². The Morgan fingerprint density at radius 3 is 1.45 bits per heavy atom. The third-order valence-electron chi connectivity index (χ3n) is 4.09. The summed E-state index contributed by atoms with van der Waals surface area (Å²) in [4.78, 5) is -0.364. The second-order valence-electron chi connectivity index (χ2n) is 6.06. The summed E-state index contributed by atoms with van der Waals surface area (Å²) in [5.41, 5.74) is 0.498. The van der Waals surface area contributed by atoms with Crippen molar-refractivity contribution in [3.8, 4) is 0 Å². The third kappa shape index (κ3) is 4.56. The van der Waals surface area contributed by atoms with Gasteiger partial charge in [0.05, 0.1) is 15.9 Å². The number of benzene rings is 3. The van der Waals surface area contributed by atoms with Gasteiger partial charge < -0.3 is 5.11 Å². The summed E-state index contributed by atoms with van der Waals surface area (Å²) in [5.74, 6) is 0. The number of sulfonamides is 2. The molecule has 3 aromatic rings. The number of aliphatic hydroxyl groups is 1. The van der Waals surface area contributed by atoms with Gasteiger partial charge in [-0.2, -0.15) is 3.71 Å². The Hall–Kier alpha value is -2.94. The number of hydrogen-bond donors (Lipinski definition) is 1. The summed E-state index contributed by atoms with van der Waals surface area (Å²) < 4.78 is 52.7. The average molecular weight is 430 g/mol. The van der Waals surface area contributed by atoms with Gasteiger partial charge in [0.2, 0.25) is 0 Å². The highest BCUT2D eigenvalue weighted by Crippen LogP contribution is 2.26. The standard InChI is InChI=1S/C21H19NO5S2/c23-21(18-10-4-1-5-11-18)16-17-22(28(24,25)19-12-6-2-7-13-19)29(26,27)20-14-8-3-9-15-20/h1-17,21,23H/b17-16+. The molecular weight excluding hydrogens is 410 g/mol. The molecule has 3 rings (SSSR count). The van der Waals surface area contributed by atoms with Crippen LogP contribution in [0.2, 0.25) is 0 Å². The van der Waals surface area contributed by atoms with Crippen LogP contribution in [0, 0.1) is 0 Å². The molecule has 0 amide bonds. The van der Waals surface area contributed by atoms with Crippen LogP contribution in [0.15, 0.2) is 113 Å². The number of hydrogen-bond acceptors (Lipinski definition) is 5. The Bertz CT molecular complexity index is 1110. The molecule has 0 fully saturated rings. The van der Waals surface area contributed by atoms with Crippen molar-refractivity contribution in [2.24, 2.45) is 0 Å². The van der Waals surface area contributed by atoms with Crippen molar-refractivity contribution < 1.29 is 21.9 Å². The molecule has 0 saturated carbocycles. The van der Waals surface area contributed by atoms with Crippen LogP contribution in [0.4, 0.5) is 0 Å². The number of aliphatic hydroxyl groups excluding tert-OH is 1. The van der Waals surface area contributed by atoms with Crippen LogP contribution in [0.1, 0.15) is 11.7 Å². The molecule has 29 heavy (non-hydrogen) atoms. The third-order valence-corrected chi connectivity index (χ3v) is 8.19. The van der Waals surface area contributed by atoms with Gasteiger partial charge in [-0.15, -0.1) is 0 Å². The summed E-state index contributed by atoms with van der Waals surface area (Å²) in [7, 11) is -8.87. The van der Waals surface area contributed by atoms with E-state index < -0.39 is 26.2 Å². The maximum Gasteiger partial charge on any atom is 0.277 e. The minimum atomic E-state index is -4.44. The molecule has 0 aliphatic heterocycles. The number of nitrogens with zero attached hydrogens (tertiary/aromatic N) is 1. The predicted octanol–water partition coefficient (Wildman–Crippen LogP) is 3.31. The van der Waals surface area contributed by atoms with E-state index in [2.05, 4.69) is 0 Å². The van der Waals surface area contributed by atoms with E-state index >= 15 is 0 Å². The van der Waals surface area contributed by atoms with Crippen molar-refractivity contribution in [1.29, 1.82) is 0 Å². The minimum absolute atomic E-state index is 0.182. The Morgan fingerprint density at radius 1 is 0.655 bits per heavy atom. The Labute approximate surface area is 170 Å². The lowest BCUT2D eigenvalue weighted by Crippen LogP contribution is -2.32. The van der Waals surface area contributed by atoms with Crippen LogP contribution in [0.3, 0.4) is 0 Å². The summed E-state index contributed by atoms with van der Waals surface area (Å²) >= 11 is 0. The van der Waals surface area contributed by atoms with E-state index in [4.69, 9.17) is 0 Å². The van der Waals surface area contributed by atoms with Gasteiger partial charge in [0.25, 0.3) is 20.0 Å². The Morgan fingerprint density at radius 2 is 1.03 bits per heavy atom. The molecule has 6 nitrogen and oxygen atoms in total. The van der Waals surface area contributed by atoms with Gasteiger partial charge >= 0.3 is 0 Å². The highest BCUT2D eigenvalue weighted by Gasteiger charge is 2.33. The van der Waals surface area contributed by atoms with Crippen LogP contribution in [-0.2, 0) is 20.0 Å². The first-order valence-corrected chi connectivity index (χ1v) is 11.5. The first kappa shape index (κ1) is 20.8. The molecule has 8 heteroatoms. The van der Waals surface area contributed by atoms with Crippen LogP contribution < -0.4 is 0 Å². The molecule has 1 atom stereocenters. The number of rotatable bonds is 7. The quantitative estimate of drug-likeness (QED) is 0.622. The lowest BCUT2D eigenvalue weighted by Gasteiger charge is -2.21. The summed E-state index contributed by atoms with van der Waals surface area (Å²) in [6, 6.07) is 23.0. The molecule has 1 N–H and O–H groups in total. The highest BCUT2D eigenvalue weighted by atomic mass is 32.3. The van der Waals surface area contributed by atoms with Crippen molar-refractivity contribution in [2.75, 3.05) is 0 Å². The molecule has 0 aliphatic carbocycles. The van der Waals surface area contributed by atoms with E-state index in [9.17, 15) is 21.9 Å². The summed E-state index contributed by atoms with van der Waals surface area (Å²) in [6.45, 7) is 0. The van der Waals surface area contributed by atoms with E-state index in [-0.39, 0.29) is 13.5 Å². The highest BCUT2D eigenvalue weighted by molar-refractivity contribution is 8.04. The molecule has 0 spiro atoms. The fraction of sp³-hybridized carbons (Fsp3) is 0.0476. The molecule has 3 aromatic carbocycles. The fourth-order valence-electron chi connectivity index (χ4n) is 2.60. The van der Waals surface area contributed by atoms with E-state index in [0.717, 1.165) is 12.3 Å². The maximum atomic E-state index is 13.1. The second kappa shape index (κ2) is 8.60. The van der Waals surface area contributed by atoms with Gasteiger partial charge in [0, 0.05) is 6.20 Å². The molecular formula is C21H19NO5S2. The molecule has 0 heterocycles. The van der Waals surface area contributed by atoms with Crippen molar-refractivity contribution >= 4 is 20.0 Å². The monoisotopic (exact) mass is 429 g/mol. The molecule has 0 radical (unpaired) electrons. The SMILES string of the molecule is O=S(=O)(c1ccccc1)N(/C=C/C(O)c1ccccc1)S(=O)(=O)c1ccccc1. The Kier molecular flexibility index (Phi) is 6.17. The predicted molar refractivity (Wildman–Crippen MR) is 110 cm³/mol. The largest absolute Gasteiger partial charge is 0.384 e. The maximum absolute atomic E-state index is 13.1. The zero-order valence-electron chi connectivity index (χ0n) is 15.2. The zero-order chi connectivity index (χ0) is 20.9. The van der Waals surface area contributed by atoms with Crippen molar-refractivity contribution in [3.05, 3.63) is 109 Å². The summed E-state index contributed by atoms with van der Waals surface area (Å²) in [6.07, 6.45) is 0.814. The van der Waals surface area contributed by atoms with Crippen molar-refractivity contribution in [2.45, 2.75) is 15.9 Å².